The molecule has 0 aromatic carbocycles. The summed E-state index contributed by atoms with van der Waals surface area (Å²) in [6.45, 7) is 2.52. The van der Waals surface area contributed by atoms with Crippen molar-refractivity contribution in [3.05, 3.63) is 0 Å². The van der Waals surface area contributed by atoms with Gasteiger partial charge < -0.3 is 25.2 Å². The minimum Gasteiger partial charge on any atom is -0.480 e. The van der Waals surface area contributed by atoms with Crippen LogP contribution in [0.1, 0.15) is 168 Å². The second kappa shape index (κ2) is 30.8. The number of aliphatic hydroxyl groups excluding tert-OH is 1. The lowest BCUT2D eigenvalue weighted by atomic mass is 10.0. The number of carbonyl (C=O) groups excluding carboxylic acids is 2. The van der Waals surface area contributed by atoms with Crippen LogP contribution in [0.25, 0.3) is 0 Å². The fraction of sp³-hybridized carbons (Fsp3) is 0.912. The number of phosphoric acid groups is 1. The van der Waals surface area contributed by atoms with Gasteiger partial charge in [-0.05, 0) is 12.8 Å². The first-order valence-electron chi connectivity index (χ1n) is 18.1. The van der Waals surface area contributed by atoms with Crippen LogP contribution in [0.2, 0.25) is 0 Å². The van der Waals surface area contributed by atoms with E-state index in [2.05, 4.69) is 19.2 Å². The molecule has 3 atom stereocenters. The van der Waals surface area contributed by atoms with Gasteiger partial charge in [-0.15, -0.1) is 0 Å². The molecule has 0 saturated carbocycles. The maximum Gasteiger partial charge on any atom is 0.472 e. The van der Waals surface area contributed by atoms with Gasteiger partial charge in [0, 0.05) is 12.8 Å². The summed E-state index contributed by atoms with van der Waals surface area (Å²) in [5.41, 5.74) is 0. The number of aliphatic hydroxyl groups is 1. The SMILES string of the molecule is CCCCCCCCCCCCCCCCCC(=O)NC(COP(=O)(O)OCC(O)COC(=O)CCCCCCCCC)C(=O)O. The molecule has 0 spiro atoms. The number of amides is 1. The number of esters is 1. The van der Waals surface area contributed by atoms with Crippen molar-refractivity contribution in [1.29, 1.82) is 0 Å². The van der Waals surface area contributed by atoms with E-state index in [0.717, 1.165) is 38.5 Å². The summed E-state index contributed by atoms with van der Waals surface area (Å²) in [4.78, 5) is 45.5. The molecule has 0 saturated heterocycles. The lowest BCUT2D eigenvalue weighted by molar-refractivity contribution is -0.147. The van der Waals surface area contributed by atoms with Crippen LogP contribution < -0.4 is 5.32 Å². The normalized spacial score (nSPS) is 14.0. The highest BCUT2D eigenvalue weighted by Crippen LogP contribution is 2.43. The van der Waals surface area contributed by atoms with Crippen LogP contribution in [-0.4, -0.2) is 64.9 Å². The molecule has 46 heavy (non-hydrogen) atoms. The van der Waals surface area contributed by atoms with E-state index in [4.69, 9.17) is 13.8 Å². The topological polar surface area (TPSA) is 169 Å². The van der Waals surface area contributed by atoms with Gasteiger partial charge in [-0.25, -0.2) is 9.36 Å². The van der Waals surface area contributed by atoms with Gasteiger partial charge in [-0.2, -0.15) is 0 Å². The monoisotopic (exact) mass is 679 g/mol. The van der Waals surface area contributed by atoms with E-state index in [0.29, 0.717) is 12.8 Å². The van der Waals surface area contributed by atoms with Crippen LogP contribution in [0.3, 0.4) is 0 Å². The van der Waals surface area contributed by atoms with Crippen molar-refractivity contribution in [2.24, 2.45) is 0 Å². The Morgan fingerprint density at radius 2 is 1.00 bits per heavy atom. The zero-order valence-corrected chi connectivity index (χ0v) is 29.8. The summed E-state index contributed by atoms with van der Waals surface area (Å²) >= 11 is 0. The highest BCUT2D eigenvalue weighted by atomic mass is 31.2. The summed E-state index contributed by atoms with van der Waals surface area (Å²) < 4.78 is 26.6. The van der Waals surface area contributed by atoms with Gasteiger partial charge in [0.15, 0.2) is 6.04 Å². The lowest BCUT2D eigenvalue weighted by Gasteiger charge is -2.18. The van der Waals surface area contributed by atoms with E-state index in [1.807, 2.05) is 0 Å². The molecule has 4 N–H and O–H groups in total. The Bertz CT molecular complexity index is 813. The third-order valence-corrected chi connectivity index (χ3v) is 8.85. The molecule has 272 valence electrons. The zero-order chi connectivity index (χ0) is 34.3. The van der Waals surface area contributed by atoms with Crippen LogP contribution in [0.4, 0.5) is 0 Å². The van der Waals surface area contributed by atoms with E-state index in [1.54, 1.807) is 0 Å². The third-order valence-electron chi connectivity index (χ3n) is 7.90. The first-order chi connectivity index (χ1) is 22.1. The summed E-state index contributed by atoms with van der Waals surface area (Å²) in [6.07, 6.45) is 24.4. The lowest BCUT2D eigenvalue weighted by Crippen LogP contribution is -2.43. The maximum absolute atomic E-state index is 12.2. The second-order valence-corrected chi connectivity index (χ2v) is 13.9. The van der Waals surface area contributed by atoms with Gasteiger partial charge in [0.25, 0.3) is 0 Å². The average Bonchev–Trinajstić information content (AvgIpc) is 3.02. The zero-order valence-electron chi connectivity index (χ0n) is 28.9. The van der Waals surface area contributed by atoms with Crippen molar-refractivity contribution in [3.8, 4) is 0 Å². The Morgan fingerprint density at radius 1 is 0.609 bits per heavy atom. The summed E-state index contributed by atoms with van der Waals surface area (Å²) in [7, 11) is -4.73. The van der Waals surface area contributed by atoms with Crippen molar-refractivity contribution >= 4 is 25.7 Å². The van der Waals surface area contributed by atoms with Crippen molar-refractivity contribution in [2.45, 2.75) is 180 Å². The van der Waals surface area contributed by atoms with E-state index in [9.17, 15) is 34.1 Å². The number of ether oxygens (including phenoxy) is 1. The molecule has 1 amide bonds. The first kappa shape index (κ1) is 44.5. The number of hydrogen-bond donors (Lipinski definition) is 4. The van der Waals surface area contributed by atoms with Crippen LogP contribution in [0.15, 0.2) is 0 Å². The molecule has 11 nitrogen and oxygen atoms in total. The molecule has 0 aromatic heterocycles. The molecule has 0 aliphatic carbocycles. The average molecular weight is 680 g/mol. The number of aliphatic carboxylic acids is 1. The number of carboxylic acids is 1. The number of phosphoric ester groups is 1. The van der Waals surface area contributed by atoms with Crippen molar-refractivity contribution < 1.29 is 47.8 Å². The Hall–Kier alpha value is -1.52. The van der Waals surface area contributed by atoms with Crippen molar-refractivity contribution in [3.63, 3.8) is 0 Å². The Labute approximate surface area is 278 Å². The van der Waals surface area contributed by atoms with E-state index in [-0.39, 0.29) is 12.8 Å². The number of carbonyl (C=O) groups is 3. The van der Waals surface area contributed by atoms with Crippen molar-refractivity contribution in [1.82, 2.24) is 5.32 Å². The molecule has 0 heterocycles. The van der Waals surface area contributed by atoms with Crippen molar-refractivity contribution in [2.75, 3.05) is 19.8 Å². The Balaban J connectivity index is 3.96. The number of unbranched alkanes of at least 4 members (excludes halogenated alkanes) is 20. The third kappa shape index (κ3) is 29.9. The number of hydrogen-bond acceptors (Lipinski definition) is 8. The van der Waals surface area contributed by atoms with Gasteiger partial charge >= 0.3 is 19.8 Å². The van der Waals surface area contributed by atoms with Crippen LogP contribution in [0.5, 0.6) is 0 Å². The molecule has 0 aliphatic rings. The summed E-state index contributed by atoms with van der Waals surface area (Å²) in [6, 6.07) is -1.54. The molecule has 12 heteroatoms. The van der Waals surface area contributed by atoms with Gasteiger partial charge in [0.1, 0.15) is 12.7 Å². The molecule has 0 aromatic rings. The van der Waals surface area contributed by atoms with E-state index >= 15 is 0 Å². The van der Waals surface area contributed by atoms with E-state index in [1.165, 1.54) is 89.9 Å². The van der Waals surface area contributed by atoms with Gasteiger partial charge in [-0.1, -0.05) is 142 Å². The maximum atomic E-state index is 12.2. The van der Waals surface area contributed by atoms with Crippen LogP contribution >= 0.6 is 7.82 Å². The molecule has 3 unspecified atom stereocenters. The molecule has 0 fully saturated rings. The number of rotatable bonds is 34. The second-order valence-electron chi connectivity index (χ2n) is 12.4. The number of carboxylic acid groups (broad SMARTS) is 1. The smallest absolute Gasteiger partial charge is 0.472 e. The van der Waals surface area contributed by atoms with Gasteiger partial charge in [0.05, 0.1) is 13.2 Å². The Morgan fingerprint density at radius 3 is 1.43 bits per heavy atom. The van der Waals surface area contributed by atoms with Crippen LogP contribution in [-0.2, 0) is 32.7 Å². The highest BCUT2D eigenvalue weighted by Gasteiger charge is 2.28. The molecular formula is C34H66NO10P. The summed E-state index contributed by atoms with van der Waals surface area (Å²) in [5.74, 6) is -2.37. The largest absolute Gasteiger partial charge is 0.480 e. The predicted molar refractivity (Wildman–Crippen MR) is 180 cm³/mol. The standard InChI is InChI=1S/C34H66NO10P/c1-3-5-7-9-11-12-13-14-15-16-17-18-20-21-23-25-32(37)35-31(34(39)40)29-45-46(41,42)44-28-30(36)27-43-33(38)26-24-22-19-10-8-6-4-2/h30-31,36H,3-29H2,1-2H3,(H,35,37)(H,39,40)(H,41,42). The number of nitrogens with one attached hydrogen (secondary N) is 1. The minimum atomic E-state index is -4.73. The summed E-state index contributed by atoms with van der Waals surface area (Å²) in [5, 5.41) is 21.6. The predicted octanol–water partition coefficient (Wildman–Crippen LogP) is 8.00. The Kier molecular flexibility index (Phi) is 29.8. The molecule has 0 aliphatic heterocycles. The fourth-order valence-corrected chi connectivity index (χ4v) is 5.79. The highest BCUT2D eigenvalue weighted by molar-refractivity contribution is 7.47. The van der Waals surface area contributed by atoms with E-state index < -0.39 is 57.6 Å². The van der Waals surface area contributed by atoms with Crippen LogP contribution in [0, 0.1) is 0 Å². The first-order valence-corrected chi connectivity index (χ1v) is 19.6. The molecular weight excluding hydrogens is 613 g/mol. The van der Waals surface area contributed by atoms with Gasteiger partial charge in [0.2, 0.25) is 5.91 Å². The molecule has 0 bridgehead atoms. The molecule has 0 radical (unpaired) electrons. The fourth-order valence-electron chi connectivity index (χ4n) is 5.02. The quantitative estimate of drug-likeness (QED) is 0.0297. The molecule has 0 rings (SSSR count). The van der Waals surface area contributed by atoms with Gasteiger partial charge in [-0.3, -0.25) is 18.6 Å². The minimum absolute atomic E-state index is 0.152.